The highest BCUT2D eigenvalue weighted by Gasteiger charge is 2.24. The summed E-state index contributed by atoms with van der Waals surface area (Å²) in [6.07, 6.45) is 4.01. The molecular weight excluding hydrogens is 290 g/mol. The van der Waals surface area contributed by atoms with E-state index in [1.807, 2.05) is 0 Å². The zero-order chi connectivity index (χ0) is 16.7. The summed E-state index contributed by atoms with van der Waals surface area (Å²) in [5.41, 5.74) is -1.30. The Kier molecular flexibility index (Phi) is 6.55. The molecule has 8 nitrogen and oxygen atoms in total. The number of nitrogens with one attached hydrogen (secondary N) is 1. The molecule has 0 spiro atoms. The molecule has 0 aliphatic heterocycles. The minimum atomic E-state index is -0.911. The molecule has 1 heterocycles. The maximum Gasteiger partial charge on any atom is 0.360 e. The molecule has 1 aromatic heterocycles. The molecule has 1 amide bonds. The van der Waals surface area contributed by atoms with Gasteiger partial charge in [-0.2, -0.15) is 0 Å². The third-order valence-corrected chi connectivity index (χ3v) is 3.35. The van der Waals surface area contributed by atoms with Crippen LogP contribution in [0, 0.1) is 0 Å². The van der Waals surface area contributed by atoms with E-state index in [9.17, 15) is 19.5 Å². The molecule has 0 fully saturated rings. The molecule has 1 rings (SSSR count). The Morgan fingerprint density at radius 3 is 2.73 bits per heavy atom. The van der Waals surface area contributed by atoms with E-state index in [1.54, 1.807) is 7.05 Å². The largest absolute Gasteiger partial charge is 0.501 e. The van der Waals surface area contributed by atoms with E-state index >= 15 is 0 Å². The standard InChI is InChI=1S/C14H21N3O5/c1-4-5-6-7-9(17(2)8-18)12-15-10(14(21)22-3)11(19)13(20)16-12/h8-9,19H,4-7H2,1-3H3,(H,15,16,20). The van der Waals surface area contributed by atoms with Crippen molar-refractivity contribution >= 4 is 12.4 Å². The molecule has 122 valence electrons. The van der Waals surface area contributed by atoms with Crippen LogP contribution in [-0.2, 0) is 9.53 Å². The summed E-state index contributed by atoms with van der Waals surface area (Å²) in [5, 5.41) is 9.63. The normalized spacial score (nSPS) is 11.8. The van der Waals surface area contributed by atoms with Gasteiger partial charge in [0, 0.05) is 7.05 Å². The van der Waals surface area contributed by atoms with E-state index in [0.717, 1.165) is 26.4 Å². The van der Waals surface area contributed by atoms with Gasteiger partial charge in [-0.25, -0.2) is 9.78 Å². The smallest absolute Gasteiger partial charge is 0.360 e. The van der Waals surface area contributed by atoms with E-state index < -0.39 is 29.0 Å². The van der Waals surface area contributed by atoms with Crippen LogP contribution in [0.15, 0.2) is 4.79 Å². The van der Waals surface area contributed by atoms with Gasteiger partial charge in [0.2, 0.25) is 12.2 Å². The SMILES string of the molecule is CCCCCC(c1nc(C(=O)OC)c(O)c(=O)[nH]1)N(C)C=O. The van der Waals surface area contributed by atoms with Gasteiger partial charge in [-0.3, -0.25) is 9.59 Å². The lowest BCUT2D eigenvalue weighted by Gasteiger charge is -2.24. The monoisotopic (exact) mass is 311 g/mol. The molecule has 0 aliphatic rings. The molecular formula is C14H21N3O5. The number of methoxy groups -OCH3 is 1. The van der Waals surface area contributed by atoms with E-state index in [0.29, 0.717) is 12.8 Å². The summed E-state index contributed by atoms with van der Waals surface area (Å²) in [6.45, 7) is 2.05. The maximum atomic E-state index is 11.8. The molecule has 0 bridgehead atoms. The van der Waals surface area contributed by atoms with E-state index in [1.165, 1.54) is 4.90 Å². The van der Waals surface area contributed by atoms with Crippen molar-refractivity contribution in [2.75, 3.05) is 14.2 Å². The second-order valence-electron chi connectivity index (χ2n) is 4.92. The molecule has 22 heavy (non-hydrogen) atoms. The second-order valence-corrected chi connectivity index (χ2v) is 4.92. The Morgan fingerprint density at radius 1 is 1.50 bits per heavy atom. The molecule has 0 aromatic carbocycles. The van der Waals surface area contributed by atoms with Crippen molar-refractivity contribution < 1.29 is 19.4 Å². The molecule has 8 heteroatoms. The summed E-state index contributed by atoms with van der Waals surface area (Å²) in [5.74, 6) is -1.56. The Balaban J connectivity index is 3.23. The zero-order valence-electron chi connectivity index (χ0n) is 13.0. The van der Waals surface area contributed by atoms with Crippen LogP contribution in [0.25, 0.3) is 0 Å². The number of esters is 1. The summed E-state index contributed by atoms with van der Waals surface area (Å²) in [6, 6.07) is -0.485. The number of carbonyl (C=O) groups excluding carboxylic acids is 2. The average Bonchev–Trinajstić information content (AvgIpc) is 2.52. The van der Waals surface area contributed by atoms with Crippen LogP contribution in [-0.4, -0.2) is 46.5 Å². The zero-order valence-corrected chi connectivity index (χ0v) is 13.0. The molecule has 1 atom stereocenters. The Morgan fingerprint density at radius 2 is 2.18 bits per heavy atom. The first kappa shape index (κ1) is 17.7. The van der Waals surface area contributed by atoms with Gasteiger partial charge in [-0.05, 0) is 6.42 Å². The number of H-pyrrole nitrogens is 1. The molecule has 1 aromatic rings. The highest BCUT2D eigenvalue weighted by molar-refractivity contribution is 5.89. The van der Waals surface area contributed by atoms with E-state index in [2.05, 4.69) is 21.6 Å². The van der Waals surface area contributed by atoms with Crippen LogP contribution in [0.2, 0.25) is 0 Å². The summed E-state index contributed by atoms with van der Waals surface area (Å²) >= 11 is 0. The lowest BCUT2D eigenvalue weighted by atomic mass is 10.1. The fourth-order valence-electron chi connectivity index (χ4n) is 2.08. The van der Waals surface area contributed by atoms with E-state index in [-0.39, 0.29) is 5.82 Å². The van der Waals surface area contributed by atoms with Crippen LogP contribution in [0.5, 0.6) is 5.75 Å². The summed E-state index contributed by atoms with van der Waals surface area (Å²) in [7, 11) is 2.69. The quantitative estimate of drug-likeness (QED) is 0.420. The predicted octanol–water partition coefficient (Wildman–Crippen LogP) is 0.972. The Labute approximate surface area is 128 Å². The van der Waals surface area contributed by atoms with Gasteiger partial charge in [0.25, 0.3) is 5.56 Å². The first-order chi connectivity index (χ1) is 10.5. The van der Waals surface area contributed by atoms with Crippen LogP contribution in [0.3, 0.4) is 0 Å². The first-order valence-corrected chi connectivity index (χ1v) is 7.04. The van der Waals surface area contributed by atoms with Crippen LogP contribution in [0.1, 0.15) is 55.0 Å². The third kappa shape index (κ3) is 4.06. The van der Waals surface area contributed by atoms with Crippen molar-refractivity contribution in [2.45, 2.75) is 38.6 Å². The van der Waals surface area contributed by atoms with Crippen LogP contribution < -0.4 is 5.56 Å². The number of amides is 1. The van der Waals surface area contributed by atoms with Gasteiger partial charge in [0.1, 0.15) is 5.82 Å². The number of aromatic nitrogens is 2. The number of unbranched alkanes of at least 4 members (excludes halogenated alkanes) is 2. The van der Waals surface area contributed by atoms with Crippen molar-refractivity contribution in [1.29, 1.82) is 0 Å². The van der Waals surface area contributed by atoms with Crippen molar-refractivity contribution in [1.82, 2.24) is 14.9 Å². The second kappa shape index (κ2) is 8.16. The molecule has 0 radical (unpaired) electrons. The van der Waals surface area contributed by atoms with Crippen molar-refractivity contribution in [3.63, 3.8) is 0 Å². The Hall–Kier alpha value is -2.38. The van der Waals surface area contributed by atoms with Crippen molar-refractivity contribution in [2.24, 2.45) is 0 Å². The van der Waals surface area contributed by atoms with Crippen LogP contribution >= 0.6 is 0 Å². The highest BCUT2D eigenvalue weighted by atomic mass is 16.5. The van der Waals surface area contributed by atoms with Gasteiger partial charge >= 0.3 is 5.97 Å². The topological polar surface area (TPSA) is 113 Å². The van der Waals surface area contributed by atoms with Gasteiger partial charge in [-0.1, -0.05) is 26.2 Å². The lowest BCUT2D eigenvalue weighted by Crippen LogP contribution is -2.28. The third-order valence-electron chi connectivity index (χ3n) is 3.35. The number of hydrogen-bond acceptors (Lipinski definition) is 6. The summed E-state index contributed by atoms with van der Waals surface area (Å²) < 4.78 is 4.49. The fourth-order valence-corrected chi connectivity index (χ4v) is 2.08. The maximum absolute atomic E-state index is 11.8. The number of carbonyl (C=O) groups is 2. The molecule has 0 aliphatic carbocycles. The van der Waals surface area contributed by atoms with Gasteiger partial charge in [-0.15, -0.1) is 0 Å². The molecule has 0 saturated heterocycles. The van der Waals surface area contributed by atoms with Crippen molar-refractivity contribution in [3.8, 4) is 5.75 Å². The number of aromatic amines is 1. The van der Waals surface area contributed by atoms with E-state index in [4.69, 9.17) is 0 Å². The minimum Gasteiger partial charge on any atom is -0.501 e. The number of rotatable bonds is 8. The molecule has 2 N–H and O–H groups in total. The first-order valence-electron chi connectivity index (χ1n) is 7.04. The Bertz CT molecular complexity index is 584. The molecule has 1 unspecified atom stereocenters. The number of hydrogen-bond donors (Lipinski definition) is 2. The molecule has 0 saturated carbocycles. The van der Waals surface area contributed by atoms with Gasteiger partial charge < -0.3 is 19.7 Å². The van der Waals surface area contributed by atoms with Crippen LogP contribution in [0.4, 0.5) is 0 Å². The van der Waals surface area contributed by atoms with Gasteiger partial charge in [0.15, 0.2) is 5.69 Å². The number of ether oxygens (including phenoxy) is 1. The number of aromatic hydroxyl groups is 1. The lowest BCUT2D eigenvalue weighted by molar-refractivity contribution is -0.119. The van der Waals surface area contributed by atoms with Crippen molar-refractivity contribution in [3.05, 3.63) is 21.9 Å². The predicted molar refractivity (Wildman–Crippen MR) is 78.6 cm³/mol. The fraction of sp³-hybridized carbons (Fsp3) is 0.571. The minimum absolute atomic E-state index is 0.147. The average molecular weight is 311 g/mol. The highest BCUT2D eigenvalue weighted by Crippen LogP contribution is 2.23. The summed E-state index contributed by atoms with van der Waals surface area (Å²) in [4.78, 5) is 42.1. The van der Waals surface area contributed by atoms with Gasteiger partial charge in [0.05, 0.1) is 13.2 Å². The number of nitrogens with zero attached hydrogens (tertiary/aromatic N) is 2.